The van der Waals surface area contributed by atoms with Crippen LogP contribution in [-0.2, 0) is 6.42 Å². The summed E-state index contributed by atoms with van der Waals surface area (Å²) in [6.07, 6.45) is 1.97. The van der Waals surface area contributed by atoms with Crippen molar-refractivity contribution in [1.82, 2.24) is 0 Å². The molecule has 0 aliphatic rings. The molecule has 1 aromatic rings. The van der Waals surface area contributed by atoms with Gasteiger partial charge >= 0.3 is 0 Å². The smallest absolute Gasteiger partial charge is 0.00770 e. The van der Waals surface area contributed by atoms with Crippen molar-refractivity contribution >= 4 is 5.57 Å². The van der Waals surface area contributed by atoms with Gasteiger partial charge in [-0.2, -0.15) is 0 Å². The maximum Gasteiger partial charge on any atom is 0.00770 e. The van der Waals surface area contributed by atoms with E-state index in [-0.39, 0.29) is 6.04 Å². The summed E-state index contributed by atoms with van der Waals surface area (Å²) in [6.45, 7) is 12.8. The van der Waals surface area contributed by atoms with E-state index in [1.165, 1.54) is 16.7 Å². The molecule has 1 atom stereocenters. The third-order valence-corrected chi connectivity index (χ3v) is 3.28. The first-order valence-electron chi connectivity index (χ1n) is 6.50. The van der Waals surface area contributed by atoms with Crippen LogP contribution in [0.25, 0.3) is 5.57 Å². The molecule has 0 saturated heterocycles. The van der Waals surface area contributed by atoms with Crippen LogP contribution in [0, 0.1) is 0 Å². The summed E-state index contributed by atoms with van der Waals surface area (Å²) < 4.78 is 0. The Bertz CT molecular complexity index is 391. The van der Waals surface area contributed by atoms with Crippen LogP contribution in [0.4, 0.5) is 0 Å². The van der Waals surface area contributed by atoms with Gasteiger partial charge in [-0.25, -0.2) is 0 Å². The van der Waals surface area contributed by atoms with Crippen molar-refractivity contribution in [3.05, 3.63) is 41.5 Å². The lowest BCUT2D eigenvalue weighted by Crippen LogP contribution is -2.23. The molecule has 0 radical (unpaired) electrons. The topological polar surface area (TPSA) is 26.0 Å². The van der Waals surface area contributed by atoms with Gasteiger partial charge in [-0.3, -0.25) is 0 Å². The number of nitrogens with two attached hydrogens (primary N) is 1. The van der Waals surface area contributed by atoms with Crippen molar-refractivity contribution in [2.45, 2.75) is 52.5 Å². The Balaban J connectivity index is 3.23. The van der Waals surface area contributed by atoms with Gasteiger partial charge in [0.25, 0.3) is 0 Å². The lowest BCUT2D eigenvalue weighted by Gasteiger charge is -2.20. The normalized spacial score (nSPS) is 12.8. The zero-order valence-corrected chi connectivity index (χ0v) is 11.6. The number of rotatable bonds is 5. The fourth-order valence-electron chi connectivity index (χ4n) is 2.18. The second kappa shape index (κ2) is 6.02. The van der Waals surface area contributed by atoms with E-state index in [1.807, 2.05) is 0 Å². The lowest BCUT2D eigenvalue weighted by atomic mass is 9.87. The van der Waals surface area contributed by atoms with Gasteiger partial charge in [0.05, 0.1) is 0 Å². The van der Waals surface area contributed by atoms with Gasteiger partial charge in [-0.05, 0) is 42.4 Å². The molecule has 1 rings (SSSR count). The van der Waals surface area contributed by atoms with E-state index in [9.17, 15) is 0 Å². The highest BCUT2D eigenvalue weighted by Gasteiger charge is 2.13. The minimum atomic E-state index is 0.244. The van der Waals surface area contributed by atoms with E-state index < -0.39 is 0 Å². The maximum absolute atomic E-state index is 6.11. The third-order valence-electron chi connectivity index (χ3n) is 3.28. The molecule has 0 aliphatic carbocycles. The van der Waals surface area contributed by atoms with Gasteiger partial charge in [0, 0.05) is 6.04 Å². The molecule has 0 spiro atoms. The van der Waals surface area contributed by atoms with Crippen LogP contribution < -0.4 is 5.73 Å². The highest BCUT2D eigenvalue weighted by atomic mass is 14.6. The van der Waals surface area contributed by atoms with Gasteiger partial charge in [0.15, 0.2) is 0 Å². The molecule has 0 bridgehead atoms. The molecule has 1 nitrogen and oxygen atoms in total. The highest BCUT2D eigenvalue weighted by Crippen LogP contribution is 2.27. The Kier molecular flexibility index (Phi) is 4.95. The molecule has 0 fully saturated rings. The fraction of sp³-hybridized carbons (Fsp3) is 0.500. The Morgan fingerprint density at radius 1 is 1.35 bits per heavy atom. The second-order valence-corrected chi connectivity index (χ2v) is 5.18. The summed E-state index contributed by atoms with van der Waals surface area (Å²) in [6, 6.07) is 6.74. The zero-order valence-electron chi connectivity index (χ0n) is 11.6. The molecule has 94 valence electrons. The van der Waals surface area contributed by atoms with E-state index >= 15 is 0 Å². The van der Waals surface area contributed by atoms with Crippen LogP contribution in [0.1, 0.15) is 56.7 Å². The van der Waals surface area contributed by atoms with Gasteiger partial charge in [0.2, 0.25) is 0 Å². The quantitative estimate of drug-likeness (QED) is 0.810. The Morgan fingerprint density at radius 3 is 2.47 bits per heavy atom. The van der Waals surface area contributed by atoms with Crippen LogP contribution in [0.15, 0.2) is 24.8 Å². The monoisotopic (exact) mass is 231 g/mol. The van der Waals surface area contributed by atoms with Crippen molar-refractivity contribution in [3.8, 4) is 0 Å². The maximum atomic E-state index is 6.11. The lowest BCUT2D eigenvalue weighted by molar-refractivity contribution is 0.638. The average Bonchev–Trinajstić information content (AvgIpc) is 2.28. The van der Waals surface area contributed by atoms with Crippen LogP contribution in [0.5, 0.6) is 0 Å². The van der Waals surface area contributed by atoms with Crippen LogP contribution >= 0.6 is 0 Å². The number of hydrogen-bond donors (Lipinski definition) is 1. The summed E-state index contributed by atoms with van der Waals surface area (Å²) in [5.74, 6) is 0.536. The summed E-state index contributed by atoms with van der Waals surface area (Å²) in [5, 5.41) is 0. The van der Waals surface area contributed by atoms with Gasteiger partial charge in [-0.1, -0.05) is 51.1 Å². The van der Waals surface area contributed by atoms with Crippen molar-refractivity contribution < 1.29 is 0 Å². The van der Waals surface area contributed by atoms with Gasteiger partial charge in [-0.15, -0.1) is 0 Å². The predicted molar refractivity (Wildman–Crippen MR) is 77.2 cm³/mol. The van der Waals surface area contributed by atoms with Gasteiger partial charge < -0.3 is 5.73 Å². The van der Waals surface area contributed by atoms with Crippen LogP contribution in [-0.4, -0.2) is 6.04 Å². The first-order chi connectivity index (χ1) is 7.97. The van der Waals surface area contributed by atoms with Crippen LogP contribution in [0.3, 0.4) is 0 Å². The molecular formula is C16H25N. The van der Waals surface area contributed by atoms with E-state index in [2.05, 4.69) is 52.5 Å². The van der Waals surface area contributed by atoms with Crippen molar-refractivity contribution in [2.75, 3.05) is 0 Å². The standard InChI is InChI=1S/C16H25N/c1-6-13(17)10-16-14(11(2)3)8-7-9-15(16)12(4)5/h7-9,12-13H,2,6,10,17H2,1,3-5H3/t13-/m0/s1. The predicted octanol–water partition coefficient (Wildman–Crippen LogP) is 4.12. The molecule has 2 N–H and O–H groups in total. The SMILES string of the molecule is C=C(C)c1cccc(C(C)C)c1C[C@@H](N)CC. The molecule has 0 amide bonds. The summed E-state index contributed by atoms with van der Waals surface area (Å²) in [4.78, 5) is 0. The molecule has 0 unspecified atom stereocenters. The summed E-state index contributed by atoms with van der Waals surface area (Å²) in [7, 11) is 0. The molecule has 0 saturated carbocycles. The number of allylic oxidation sites excluding steroid dienone is 1. The van der Waals surface area contributed by atoms with Crippen molar-refractivity contribution in [3.63, 3.8) is 0 Å². The molecule has 0 heterocycles. The molecule has 0 aliphatic heterocycles. The van der Waals surface area contributed by atoms with Crippen molar-refractivity contribution in [1.29, 1.82) is 0 Å². The van der Waals surface area contributed by atoms with E-state index in [0.717, 1.165) is 18.4 Å². The summed E-state index contributed by atoms with van der Waals surface area (Å²) in [5.41, 5.74) is 11.3. The molecule has 0 aromatic heterocycles. The largest absolute Gasteiger partial charge is 0.327 e. The highest BCUT2D eigenvalue weighted by molar-refractivity contribution is 5.66. The fourth-order valence-corrected chi connectivity index (χ4v) is 2.18. The molecule has 17 heavy (non-hydrogen) atoms. The second-order valence-electron chi connectivity index (χ2n) is 5.18. The van der Waals surface area contributed by atoms with Gasteiger partial charge in [0.1, 0.15) is 0 Å². The van der Waals surface area contributed by atoms with E-state index in [0.29, 0.717) is 5.92 Å². The molecular weight excluding hydrogens is 206 g/mol. The van der Waals surface area contributed by atoms with Crippen molar-refractivity contribution in [2.24, 2.45) is 5.73 Å². The Morgan fingerprint density at radius 2 is 2.00 bits per heavy atom. The number of hydrogen-bond acceptors (Lipinski definition) is 1. The Hall–Kier alpha value is -1.08. The molecule has 1 heteroatoms. The summed E-state index contributed by atoms with van der Waals surface area (Å²) >= 11 is 0. The average molecular weight is 231 g/mol. The third kappa shape index (κ3) is 3.44. The Labute approximate surface area is 106 Å². The van der Waals surface area contributed by atoms with E-state index in [4.69, 9.17) is 5.73 Å². The molecule has 1 aromatic carbocycles. The first kappa shape index (κ1) is 14.0. The minimum absolute atomic E-state index is 0.244. The minimum Gasteiger partial charge on any atom is -0.327 e. The van der Waals surface area contributed by atoms with E-state index in [1.54, 1.807) is 0 Å². The van der Waals surface area contributed by atoms with Crippen LogP contribution in [0.2, 0.25) is 0 Å². The zero-order chi connectivity index (χ0) is 13.0. The first-order valence-corrected chi connectivity index (χ1v) is 6.50. The number of benzene rings is 1.